The Hall–Kier alpha value is -2.37. The Balaban J connectivity index is 1.92. The van der Waals surface area contributed by atoms with Gasteiger partial charge in [0.05, 0.1) is 18.1 Å². The number of anilines is 1. The molecule has 0 bridgehead atoms. The summed E-state index contributed by atoms with van der Waals surface area (Å²) in [5, 5.41) is 11.7. The van der Waals surface area contributed by atoms with E-state index in [0.29, 0.717) is 37.1 Å². The van der Waals surface area contributed by atoms with Crippen LogP contribution in [0.3, 0.4) is 0 Å². The normalized spacial score (nSPS) is 20.4. The molecule has 2 N–H and O–H groups in total. The Kier molecular flexibility index (Phi) is 5.14. The van der Waals surface area contributed by atoms with Crippen LogP contribution < -0.4 is 5.32 Å². The molecule has 22 heavy (non-hydrogen) atoms. The van der Waals surface area contributed by atoms with Crippen molar-refractivity contribution < 1.29 is 24.2 Å². The van der Waals surface area contributed by atoms with E-state index in [9.17, 15) is 14.4 Å². The average Bonchev–Trinajstić information content (AvgIpc) is 2.98. The SMILES string of the molecule is CCOC(=O)c1ccc(NC(=O)[C@@H]2CC[C@@H](C(=O)O)C2)cc1. The fourth-order valence-corrected chi connectivity index (χ4v) is 2.59. The molecule has 0 saturated heterocycles. The maximum Gasteiger partial charge on any atom is 0.338 e. The van der Waals surface area contributed by atoms with Crippen molar-refractivity contribution in [2.75, 3.05) is 11.9 Å². The molecule has 1 fully saturated rings. The molecular weight excluding hydrogens is 286 g/mol. The van der Waals surface area contributed by atoms with Gasteiger partial charge in [-0.15, -0.1) is 0 Å². The zero-order valence-electron chi connectivity index (χ0n) is 12.4. The monoisotopic (exact) mass is 305 g/mol. The number of benzene rings is 1. The summed E-state index contributed by atoms with van der Waals surface area (Å²) in [5.41, 5.74) is 1.00. The fraction of sp³-hybridized carbons (Fsp3) is 0.438. The molecule has 1 aromatic rings. The molecule has 0 spiro atoms. The Bertz CT molecular complexity index is 566. The van der Waals surface area contributed by atoms with E-state index in [2.05, 4.69) is 5.32 Å². The second kappa shape index (κ2) is 7.06. The molecular formula is C16H19NO5. The molecule has 118 valence electrons. The largest absolute Gasteiger partial charge is 0.481 e. The lowest BCUT2D eigenvalue weighted by molar-refractivity contribution is -0.141. The maximum atomic E-state index is 12.1. The first-order valence-electron chi connectivity index (χ1n) is 7.32. The number of carboxylic acid groups (broad SMARTS) is 1. The van der Waals surface area contributed by atoms with Crippen LogP contribution in [-0.4, -0.2) is 29.6 Å². The average molecular weight is 305 g/mol. The number of ether oxygens (including phenoxy) is 1. The first-order chi connectivity index (χ1) is 10.5. The van der Waals surface area contributed by atoms with Gasteiger partial charge in [0.25, 0.3) is 0 Å². The van der Waals surface area contributed by atoms with Crippen molar-refractivity contribution in [1.29, 1.82) is 0 Å². The third-order valence-electron chi connectivity index (χ3n) is 3.82. The number of nitrogens with one attached hydrogen (secondary N) is 1. The summed E-state index contributed by atoms with van der Waals surface area (Å²) >= 11 is 0. The number of carbonyl (C=O) groups excluding carboxylic acids is 2. The van der Waals surface area contributed by atoms with Crippen molar-refractivity contribution in [3.63, 3.8) is 0 Å². The molecule has 1 amide bonds. The van der Waals surface area contributed by atoms with Crippen molar-refractivity contribution in [3.05, 3.63) is 29.8 Å². The summed E-state index contributed by atoms with van der Waals surface area (Å²) in [4.78, 5) is 34.5. The standard InChI is InChI=1S/C16H19NO5/c1-2-22-16(21)10-5-7-13(8-6-10)17-14(18)11-3-4-12(9-11)15(19)20/h5-8,11-12H,2-4,9H2,1H3,(H,17,18)(H,19,20)/t11-,12-/m1/s1. The topological polar surface area (TPSA) is 92.7 Å². The van der Waals surface area contributed by atoms with Crippen molar-refractivity contribution in [2.24, 2.45) is 11.8 Å². The van der Waals surface area contributed by atoms with Crippen LogP contribution in [0.2, 0.25) is 0 Å². The van der Waals surface area contributed by atoms with Gasteiger partial charge in [-0.2, -0.15) is 0 Å². The molecule has 2 rings (SSSR count). The third-order valence-corrected chi connectivity index (χ3v) is 3.82. The number of rotatable bonds is 5. The van der Waals surface area contributed by atoms with Crippen molar-refractivity contribution in [2.45, 2.75) is 26.2 Å². The summed E-state index contributed by atoms with van der Waals surface area (Å²) in [6.45, 7) is 2.04. The van der Waals surface area contributed by atoms with Crippen LogP contribution in [0.5, 0.6) is 0 Å². The van der Waals surface area contributed by atoms with E-state index in [4.69, 9.17) is 9.84 Å². The van der Waals surface area contributed by atoms with Gasteiger partial charge in [0.1, 0.15) is 0 Å². The summed E-state index contributed by atoms with van der Waals surface area (Å²) in [6.07, 6.45) is 1.50. The maximum absolute atomic E-state index is 12.1. The van der Waals surface area contributed by atoms with Gasteiger partial charge in [-0.05, 0) is 50.5 Å². The van der Waals surface area contributed by atoms with Gasteiger partial charge >= 0.3 is 11.9 Å². The van der Waals surface area contributed by atoms with Crippen LogP contribution in [-0.2, 0) is 14.3 Å². The minimum Gasteiger partial charge on any atom is -0.481 e. The van der Waals surface area contributed by atoms with E-state index in [1.165, 1.54) is 0 Å². The Morgan fingerprint density at radius 3 is 2.36 bits per heavy atom. The van der Waals surface area contributed by atoms with Gasteiger partial charge in [0.2, 0.25) is 5.91 Å². The van der Waals surface area contributed by atoms with Crippen molar-refractivity contribution >= 4 is 23.5 Å². The van der Waals surface area contributed by atoms with Crippen molar-refractivity contribution in [1.82, 2.24) is 0 Å². The molecule has 6 nitrogen and oxygen atoms in total. The van der Waals surface area contributed by atoms with Crippen LogP contribution in [0.15, 0.2) is 24.3 Å². The van der Waals surface area contributed by atoms with Gasteiger partial charge in [0, 0.05) is 11.6 Å². The first-order valence-corrected chi connectivity index (χ1v) is 7.32. The van der Waals surface area contributed by atoms with E-state index in [-0.39, 0.29) is 11.8 Å². The Morgan fingerprint density at radius 2 is 1.82 bits per heavy atom. The molecule has 2 atom stereocenters. The lowest BCUT2D eigenvalue weighted by atomic mass is 10.0. The molecule has 1 aromatic carbocycles. The summed E-state index contributed by atoms with van der Waals surface area (Å²) in [5.74, 6) is -2.12. The van der Waals surface area contributed by atoms with Gasteiger partial charge in [-0.3, -0.25) is 9.59 Å². The Labute approximate surface area is 128 Å². The number of aliphatic carboxylic acids is 1. The van der Waals surface area contributed by atoms with E-state index in [1.807, 2.05) is 0 Å². The predicted molar refractivity (Wildman–Crippen MR) is 79.5 cm³/mol. The van der Waals surface area contributed by atoms with E-state index in [1.54, 1.807) is 31.2 Å². The minimum atomic E-state index is -0.839. The van der Waals surface area contributed by atoms with Crippen LogP contribution >= 0.6 is 0 Å². The number of hydrogen-bond acceptors (Lipinski definition) is 4. The number of carbonyl (C=O) groups is 3. The van der Waals surface area contributed by atoms with Crippen LogP contribution in [0.25, 0.3) is 0 Å². The molecule has 6 heteroatoms. The highest BCUT2D eigenvalue weighted by molar-refractivity contribution is 5.94. The van der Waals surface area contributed by atoms with E-state index >= 15 is 0 Å². The number of carboxylic acids is 1. The van der Waals surface area contributed by atoms with Crippen LogP contribution in [0.4, 0.5) is 5.69 Å². The molecule has 0 radical (unpaired) electrons. The smallest absolute Gasteiger partial charge is 0.338 e. The van der Waals surface area contributed by atoms with Gasteiger partial charge < -0.3 is 15.2 Å². The van der Waals surface area contributed by atoms with Crippen molar-refractivity contribution in [3.8, 4) is 0 Å². The first kappa shape index (κ1) is 16.0. The fourth-order valence-electron chi connectivity index (χ4n) is 2.59. The molecule has 0 heterocycles. The third kappa shape index (κ3) is 3.84. The molecule has 1 aliphatic carbocycles. The predicted octanol–water partition coefficient (Wildman–Crippen LogP) is 2.30. The van der Waals surface area contributed by atoms with Gasteiger partial charge in [0.15, 0.2) is 0 Å². The number of amides is 1. The van der Waals surface area contributed by atoms with E-state index < -0.39 is 17.9 Å². The summed E-state index contributed by atoms with van der Waals surface area (Å²) in [7, 11) is 0. The lowest BCUT2D eigenvalue weighted by Crippen LogP contribution is -2.21. The quantitative estimate of drug-likeness (QED) is 0.814. The second-order valence-electron chi connectivity index (χ2n) is 5.33. The number of esters is 1. The zero-order chi connectivity index (χ0) is 16.1. The van der Waals surface area contributed by atoms with Gasteiger partial charge in [-0.25, -0.2) is 4.79 Å². The highest BCUT2D eigenvalue weighted by Crippen LogP contribution is 2.31. The van der Waals surface area contributed by atoms with Crippen LogP contribution in [0.1, 0.15) is 36.5 Å². The molecule has 0 aliphatic heterocycles. The molecule has 1 aliphatic rings. The van der Waals surface area contributed by atoms with Gasteiger partial charge in [-0.1, -0.05) is 0 Å². The molecule has 1 saturated carbocycles. The summed E-state index contributed by atoms with van der Waals surface area (Å²) < 4.78 is 4.88. The molecule has 0 unspecified atom stereocenters. The second-order valence-corrected chi connectivity index (χ2v) is 5.33. The number of hydrogen-bond donors (Lipinski definition) is 2. The minimum absolute atomic E-state index is 0.173. The van der Waals surface area contributed by atoms with Crippen LogP contribution in [0, 0.1) is 11.8 Å². The highest BCUT2D eigenvalue weighted by Gasteiger charge is 2.33. The van der Waals surface area contributed by atoms with E-state index in [0.717, 1.165) is 0 Å². The molecule has 0 aromatic heterocycles. The summed E-state index contributed by atoms with van der Waals surface area (Å²) in [6, 6.07) is 6.44. The zero-order valence-corrected chi connectivity index (χ0v) is 12.4. The Morgan fingerprint density at radius 1 is 1.18 bits per heavy atom. The highest BCUT2D eigenvalue weighted by atomic mass is 16.5. The lowest BCUT2D eigenvalue weighted by Gasteiger charge is -2.11.